The van der Waals surface area contributed by atoms with E-state index < -0.39 is 0 Å². The van der Waals surface area contributed by atoms with E-state index in [0.29, 0.717) is 12.1 Å². The molecule has 1 unspecified atom stereocenters. The molecular formula is C23H27FN2O2. The number of piperidine rings is 1. The molecule has 1 atom stereocenters. The monoisotopic (exact) mass is 382 g/mol. The van der Waals surface area contributed by atoms with E-state index in [2.05, 4.69) is 10.2 Å². The number of nitrogens with zero attached hydrogens (tertiary/aromatic N) is 1. The van der Waals surface area contributed by atoms with Crippen molar-refractivity contribution in [3.05, 3.63) is 71.5 Å². The lowest BCUT2D eigenvalue weighted by Gasteiger charge is -2.39. The minimum Gasteiger partial charge on any atom is -0.370 e. The second-order valence-electron chi connectivity index (χ2n) is 7.94. The summed E-state index contributed by atoms with van der Waals surface area (Å²) in [4.78, 5) is 14.6. The van der Waals surface area contributed by atoms with Crippen LogP contribution >= 0.6 is 0 Å². The van der Waals surface area contributed by atoms with E-state index in [-0.39, 0.29) is 23.4 Å². The molecule has 0 aliphatic carbocycles. The maximum Gasteiger partial charge on any atom is 0.251 e. The van der Waals surface area contributed by atoms with Gasteiger partial charge in [-0.2, -0.15) is 0 Å². The Labute approximate surface area is 165 Å². The van der Waals surface area contributed by atoms with Crippen molar-refractivity contribution < 1.29 is 13.9 Å². The molecule has 1 spiro atoms. The summed E-state index contributed by atoms with van der Waals surface area (Å²) in [5, 5.41) is 3.00. The van der Waals surface area contributed by atoms with E-state index >= 15 is 0 Å². The topological polar surface area (TPSA) is 41.6 Å². The second kappa shape index (κ2) is 8.41. The Morgan fingerprint density at radius 1 is 1.07 bits per heavy atom. The van der Waals surface area contributed by atoms with Gasteiger partial charge in [0, 0.05) is 31.7 Å². The fourth-order valence-electron chi connectivity index (χ4n) is 4.27. The van der Waals surface area contributed by atoms with Gasteiger partial charge in [0.15, 0.2) is 0 Å². The van der Waals surface area contributed by atoms with Gasteiger partial charge in [-0.1, -0.05) is 30.3 Å². The van der Waals surface area contributed by atoms with Crippen LogP contribution in [0, 0.1) is 5.82 Å². The van der Waals surface area contributed by atoms with Crippen LogP contribution in [0.25, 0.3) is 0 Å². The fourth-order valence-corrected chi connectivity index (χ4v) is 4.27. The molecular weight excluding hydrogens is 355 g/mol. The lowest BCUT2D eigenvalue weighted by atomic mass is 9.88. The van der Waals surface area contributed by atoms with Gasteiger partial charge >= 0.3 is 0 Å². The van der Waals surface area contributed by atoms with Gasteiger partial charge in [0.25, 0.3) is 5.91 Å². The summed E-state index contributed by atoms with van der Waals surface area (Å²) in [6.45, 7) is 3.39. The number of carbonyl (C=O) groups is 1. The number of carbonyl (C=O) groups excluding carboxylic acids is 1. The Hall–Kier alpha value is -2.24. The summed E-state index contributed by atoms with van der Waals surface area (Å²) >= 11 is 0. The summed E-state index contributed by atoms with van der Waals surface area (Å²) in [5.41, 5.74) is 1.79. The van der Waals surface area contributed by atoms with Crippen LogP contribution in [-0.4, -0.2) is 42.1 Å². The number of likely N-dealkylation sites (tertiary alicyclic amines) is 1. The van der Waals surface area contributed by atoms with Gasteiger partial charge in [-0.15, -0.1) is 0 Å². The molecule has 1 N–H and O–H groups in total. The van der Waals surface area contributed by atoms with Crippen molar-refractivity contribution >= 4 is 5.91 Å². The average Bonchev–Trinajstić information content (AvgIpc) is 3.13. The maximum atomic E-state index is 13.1. The number of halogens is 1. The quantitative estimate of drug-likeness (QED) is 0.856. The Kier molecular flexibility index (Phi) is 5.74. The molecule has 148 valence electrons. The first-order valence-electron chi connectivity index (χ1n) is 10.1. The van der Waals surface area contributed by atoms with Crippen LogP contribution in [0.1, 0.15) is 41.6 Å². The smallest absolute Gasteiger partial charge is 0.251 e. The van der Waals surface area contributed by atoms with Gasteiger partial charge in [0.1, 0.15) is 5.82 Å². The van der Waals surface area contributed by atoms with Gasteiger partial charge in [-0.05, 0) is 55.5 Å². The minimum absolute atomic E-state index is 0.0402. The van der Waals surface area contributed by atoms with Gasteiger partial charge < -0.3 is 10.1 Å². The number of rotatable bonds is 5. The molecule has 2 saturated heterocycles. The third-order valence-electron chi connectivity index (χ3n) is 5.95. The van der Waals surface area contributed by atoms with Crippen molar-refractivity contribution in [2.75, 3.05) is 19.6 Å². The Balaban J connectivity index is 1.23. The Morgan fingerprint density at radius 2 is 1.79 bits per heavy atom. The molecule has 0 bridgehead atoms. The molecule has 1 amide bonds. The lowest BCUT2D eigenvalue weighted by molar-refractivity contribution is -0.0764. The molecule has 2 aromatic rings. The summed E-state index contributed by atoms with van der Waals surface area (Å²) in [5.74, 6) is -0.231. The SMILES string of the molecule is O=C(NCC1CCC2(CCN(Cc3ccc(F)cc3)CC2)O1)c1ccccc1. The minimum atomic E-state index is -0.189. The van der Waals surface area contributed by atoms with Crippen molar-refractivity contribution in [2.24, 2.45) is 0 Å². The number of nitrogens with one attached hydrogen (secondary N) is 1. The highest BCUT2D eigenvalue weighted by Crippen LogP contribution is 2.39. The predicted molar refractivity (Wildman–Crippen MR) is 107 cm³/mol. The number of ether oxygens (including phenoxy) is 1. The molecule has 4 nitrogen and oxygen atoms in total. The normalized spacial score (nSPS) is 21.7. The van der Waals surface area contributed by atoms with Gasteiger partial charge in [-0.25, -0.2) is 4.39 Å². The molecule has 0 aromatic heterocycles. The van der Waals surface area contributed by atoms with E-state index in [1.165, 1.54) is 12.1 Å². The van der Waals surface area contributed by atoms with Gasteiger partial charge in [0.05, 0.1) is 11.7 Å². The van der Waals surface area contributed by atoms with Crippen LogP contribution in [0.2, 0.25) is 0 Å². The number of hydrogen-bond acceptors (Lipinski definition) is 3. The molecule has 2 aliphatic heterocycles. The Bertz CT molecular complexity index is 786. The zero-order chi connectivity index (χ0) is 19.4. The van der Waals surface area contributed by atoms with Crippen molar-refractivity contribution in [3.8, 4) is 0 Å². The van der Waals surface area contributed by atoms with Crippen LogP contribution in [0.15, 0.2) is 54.6 Å². The van der Waals surface area contributed by atoms with E-state index in [4.69, 9.17) is 4.74 Å². The second-order valence-corrected chi connectivity index (χ2v) is 7.94. The van der Waals surface area contributed by atoms with Gasteiger partial charge in [0.2, 0.25) is 0 Å². The molecule has 28 heavy (non-hydrogen) atoms. The highest BCUT2D eigenvalue weighted by atomic mass is 19.1. The third-order valence-corrected chi connectivity index (χ3v) is 5.95. The van der Waals surface area contributed by atoms with Crippen molar-refractivity contribution in [2.45, 2.75) is 43.9 Å². The summed E-state index contributed by atoms with van der Waals surface area (Å²) in [6, 6.07) is 16.1. The summed E-state index contributed by atoms with van der Waals surface area (Å²) < 4.78 is 19.5. The van der Waals surface area contributed by atoms with E-state index in [9.17, 15) is 9.18 Å². The fraction of sp³-hybridized carbons (Fsp3) is 0.435. The molecule has 4 rings (SSSR count). The average molecular weight is 382 g/mol. The predicted octanol–water partition coefficient (Wildman–Crippen LogP) is 3.77. The van der Waals surface area contributed by atoms with Crippen LogP contribution in [0.5, 0.6) is 0 Å². The third kappa shape index (κ3) is 4.59. The first-order valence-corrected chi connectivity index (χ1v) is 10.1. The van der Waals surface area contributed by atoms with Crippen molar-refractivity contribution in [1.29, 1.82) is 0 Å². The van der Waals surface area contributed by atoms with E-state index in [0.717, 1.165) is 50.9 Å². The molecule has 0 radical (unpaired) electrons. The Morgan fingerprint density at radius 3 is 2.50 bits per heavy atom. The summed E-state index contributed by atoms with van der Waals surface area (Å²) in [6.07, 6.45) is 4.17. The molecule has 0 saturated carbocycles. The first kappa shape index (κ1) is 19.1. The standard InChI is InChI=1S/C23H27FN2O2/c24-20-8-6-18(7-9-20)17-26-14-12-23(13-15-26)11-10-21(28-23)16-25-22(27)19-4-2-1-3-5-19/h1-9,21H,10-17H2,(H,25,27). The molecule has 2 aliphatic rings. The van der Waals surface area contributed by atoms with Crippen molar-refractivity contribution in [3.63, 3.8) is 0 Å². The molecule has 5 heteroatoms. The highest BCUT2D eigenvalue weighted by Gasteiger charge is 2.42. The maximum absolute atomic E-state index is 13.1. The van der Waals surface area contributed by atoms with Gasteiger partial charge in [-0.3, -0.25) is 9.69 Å². The van der Waals surface area contributed by atoms with E-state index in [1.807, 2.05) is 42.5 Å². The largest absolute Gasteiger partial charge is 0.370 e. The first-order chi connectivity index (χ1) is 13.6. The number of amides is 1. The highest BCUT2D eigenvalue weighted by molar-refractivity contribution is 5.94. The van der Waals surface area contributed by atoms with Crippen LogP contribution in [-0.2, 0) is 11.3 Å². The number of hydrogen-bond donors (Lipinski definition) is 1. The lowest BCUT2D eigenvalue weighted by Crippen LogP contribution is -2.44. The van der Waals surface area contributed by atoms with Crippen molar-refractivity contribution in [1.82, 2.24) is 10.2 Å². The van der Waals surface area contributed by atoms with Crippen LogP contribution in [0.3, 0.4) is 0 Å². The van der Waals surface area contributed by atoms with E-state index in [1.54, 1.807) is 0 Å². The number of benzene rings is 2. The zero-order valence-corrected chi connectivity index (χ0v) is 16.1. The molecule has 2 heterocycles. The summed E-state index contributed by atoms with van der Waals surface area (Å²) in [7, 11) is 0. The van der Waals surface area contributed by atoms with Crippen LogP contribution < -0.4 is 5.32 Å². The zero-order valence-electron chi connectivity index (χ0n) is 16.1. The van der Waals surface area contributed by atoms with Crippen LogP contribution in [0.4, 0.5) is 4.39 Å². The molecule has 2 fully saturated rings. The molecule has 2 aromatic carbocycles.